The summed E-state index contributed by atoms with van der Waals surface area (Å²) in [6.45, 7) is 5.62. The maximum absolute atomic E-state index is 12.7. The summed E-state index contributed by atoms with van der Waals surface area (Å²) in [5, 5.41) is 3.04. The number of benzene rings is 2. The van der Waals surface area contributed by atoms with Gasteiger partial charge in [0.2, 0.25) is 0 Å². The van der Waals surface area contributed by atoms with E-state index in [9.17, 15) is 4.79 Å². The first kappa shape index (κ1) is 23.9. The third kappa shape index (κ3) is 6.60. The molecule has 3 rings (SSSR count). The zero-order chi connectivity index (χ0) is 20.8. The number of nitrogens with one attached hydrogen (secondary N) is 1. The summed E-state index contributed by atoms with van der Waals surface area (Å²) in [4.78, 5) is 18.9. The van der Waals surface area contributed by atoms with Crippen LogP contribution in [-0.2, 0) is 11.3 Å². The van der Waals surface area contributed by atoms with Gasteiger partial charge in [-0.25, -0.2) is 4.99 Å². The molecule has 0 saturated carbocycles. The number of aliphatic imine (C=N–C) groups is 1. The molecule has 1 saturated heterocycles. The fraction of sp³-hybridized carbons (Fsp3) is 0.364. The highest BCUT2D eigenvalue weighted by Crippen LogP contribution is 2.17. The summed E-state index contributed by atoms with van der Waals surface area (Å²) in [5.74, 6) is 1.09. The molecule has 0 aromatic heterocycles. The van der Waals surface area contributed by atoms with E-state index in [1.54, 1.807) is 7.11 Å². The molecule has 2 unspecified atom stereocenters. The van der Waals surface area contributed by atoms with Crippen LogP contribution in [0.4, 0.5) is 5.69 Å². The number of carbonyl (C=O) groups excluding carboxylic acids is 1. The van der Waals surface area contributed by atoms with Crippen molar-refractivity contribution < 1.29 is 14.3 Å². The number of anilines is 1. The van der Waals surface area contributed by atoms with Gasteiger partial charge >= 0.3 is 0 Å². The molecular formula is C22H29IN4O3. The van der Waals surface area contributed by atoms with Crippen LogP contribution in [-0.4, -0.2) is 49.2 Å². The molecule has 7 nitrogen and oxygen atoms in total. The monoisotopic (exact) mass is 524 g/mol. The van der Waals surface area contributed by atoms with Gasteiger partial charge in [0, 0.05) is 30.4 Å². The van der Waals surface area contributed by atoms with Gasteiger partial charge < -0.3 is 25.4 Å². The highest BCUT2D eigenvalue weighted by atomic mass is 127. The Kier molecular flexibility index (Phi) is 8.91. The highest BCUT2D eigenvalue weighted by molar-refractivity contribution is 14.0. The van der Waals surface area contributed by atoms with Crippen LogP contribution in [0.1, 0.15) is 29.8 Å². The van der Waals surface area contributed by atoms with Gasteiger partial charge in [-0.3, -0.25) is 4.79 Å². The van der Waals surface area contributed by atoms with Crippen molar-refractivity contribution >= 4 is 41.5 Å². The average molecular weight is 524 g/mol. The third-order valence-electron chi connectivity index (χ3n) is 4.68. The standard InChI is InChI=1S/C22H28N4O3.HI/c1-15-13-26(14-16(2)29-15)21(27)18-9-7-17(8-10-18)12-24-22(23)25-19-5-4-6-20(11-19)28-3;/h4-11,15-16H,12-14H2,1-3H3,(H3,23,24,25);1H. The largest absolute Gasteiger partial charge is 0.497 e. The molecule has 1 heterocycles. The summed E-state index contributed by atoms with van der Waals surface area (Å²) in [7, 11) is 1.62. The molecular weight excluding hydrogens is 495 g/mol. The number of nitrogens with two attached hydrogens (primary N) is 1. The lowest BCUT2D eigenvalue weighted by molar-refractivity contribution is -0.0586. The molecule has 0 bridgehead atoms. The van der Waals surface area contributed by atoms with Crippen molar-refractivity contribution in [2.75, 3.05) is 25.5 Å². The molecule has 3 N–H and O–H groups in total. The Morgan fingerprint density at radius 1 is 1.20 bits per heavy atom. The van der Waals surface area contributed by atoms with Crippen LogP contribution in [0.5, 0.6) is 5.75 Å². The molecule has 0 spiro atoms. The molecule has 1 amide bonds. The lowest BCUT2D eigenvalue weighted by atomic mass is 10.1. The SMILES string of the molecule is COc1cccc(NC(N)=NCc2ccc(C(=O)N3CC(C)OC(C)C3)cc2)c1.I. The zero-order valence-electron chi connectivity index (χ0n) is 17.5. The van der Waals surface area contributed by atoms with Crippen molar-refractivity contribution in [3.63, 3.8) is 0 Å². The fourth-order valence-corrected chi connectivity index (χ4v) is 3.34. The minimum atomic E-state index is 0. The van der Waals surface area contributed by atoms with Crippen molar-refractivity contribution in [3.05, 3.63) is 59.7 Å². The molecule has 0 radical (unpaired) electrons. The Hall–Kier alpha value is -2.33. The Balaban J connectivity index is 0.00000320. The summed E-state index contributed by atoms with van der Waals surface area (Å²) in [5.41, 5.74) is 8.42. The number of halogens is 1. The van der Waals surface area contributed by atoms with E-state index in [4.69, 9.17) is 15.2 Å². The molecule has 0 aliphatic carbocycles. The number of guanidine groups is 1. The van der Waals surface area contributed by atoms with Gasteiger partial charge in [0.15, 0.2) is 5.96 Å². The lowest BCUT2D eigenvalue weighted by Crippen LogP contribution is -2.48. The van der Waals surface area contributed by atoms with Gasteiger partial charge in [-0.1, -0.05) is 18.2 Å². The van der Waals surface area contributed by atoms with Crippen molar-refractivity contribution in [3.8, 4) is 5.75 Å². The van der Waals surface area contributed by atoms with Gasteiger partial charge in [-0.15, -0.1) is 24.0 Å². The van der Waals surface area contributed by atoms with E-state index in [0.29, 0.717) is 31.2 Å². The predicted molar refractivity (Wildman–Crippen MR) is 130 cm³/mol. The predicted octanol–water partition coefficient (Wildman–Crippen LogP) is 3.49. The summed E-state index contributed by atoms with van der Waals surface area (Å²) >= 11 is 0. The van der Waals surface area contributed by atoms with Crippen molar-refractivity contribution in [2.24, 2.45) is 10.7 Å². The van der Waals surface area contributed by atoms with Crippen LogP contribution in [0, 0.1) is 0 Å². The van der Waals surface area contributed by atoms with E-state index >= 15 is 0 Å². The van der Waals surface area contributed by atoms with Crippen LogP contribution >= 0.6 is 24.0 Å². The van der Waals surface area contributed by atoms with Crippen molar-refractivity contribution in [2.45, 2.75) is 32.6 Å². The average Bonchev–Trinajstić information content (AvgIpc) is 2.71. The molecule has 30 heavy (non-hydrogen) atoms. The highest BCUT2D eigenvalue weighted by Gasteiger charge is 2.26. The van der Waals surface area contributed by atoms with E-state index in [1.165, 1.54) is 0 Å². The number of carbonyl (C=O) groups is 1. The summed E-state index contributed by atoms with van der Waals surface area (Å²) < 4.78 is 10.9. The molecule has 2 atom stereocenters. The Morgan fingerprint density at radius 2 is 1.87 bits per heavy atom. The van der Waals surface area contributed by atoms with Crippen LogP contribution in [0.25, 0.3) is 0 Å². The topological polar surface area (TPSA) is 89.2 Å². The Bertz CT molecular complexity index is 863. The van der Waals surface area contributed by atoms with Gasteiger partial charge in [0.25, 0.3) is 5.91 Å². The Labute approximate surface area is 194 Å². The first-order chi connectivity index (χ1) is 13.9. The Morgan fingerprint density at radius 3 is 2.50 bits per heavy atom. The number of ether oxygens (including phenoxy) is 2. The van der Waals surface area contributed by atoms with Gasteiger partial charge in [-0.05, 0) is 43.7 Å². The normalized spacial score (nSPS) is 19.0. The number of nitrogens with zero attached hydrogens (tertiary/aromatic N) is 2. The van der Waals surface area contributed by atoms with Crippen LogP contribution < -0.4 is 15.8 Å². The number of amides is 1. The summed E-state index contributed by atoms with van der Waals surface area (Å²) in [6.07, 6.45) is 0.104. The smallest absolute Gasteiger partial charge is 0.254 e. The molecule has 1 fully saturated rings. The summed E-state index contributed by atoms with van der Waals surface area (Å²) in [6, 6.07) is 15.0. The minimum absolute atomic E-state index is 0. The van der Waals surface area contributed by atoms with E-state index in [-0.39, 0.29) is 42.1 Å². The fourth-order valence-electron chi connectivity index (χ4n) is 3.34. The first-order valence-electron chi connectivity index (χ1n) is 9.69. The molecule has 8 heteroatoms. The van der Waals surface area contributed by atoms with Crippen molar-refractivity contribution in [1.29, 1.82) is 0 Å². The number of morpholine rings is 1. The van der Waals surface area contributed by atoms with Crippen LogP contribution in [0.2, 0.25) is 0 Å². The molecule has 2 aromatic carbocycles. The molecule has 1 aliphatic heterocycles. The zero-order valence-corrected chi connectivity index (χ0v) is 19.8. The number of hydrogen-bond donors (Lipinski definition) is 2. The minimum Gasteiger partial charge on any atom is -0.497 e. The second-order valence-electron chi connectivity index (χ2n) is 7.22. The van der Waals surface area contributed by atoms with E-state index in [1.807, 2.05) is 67.3 Å². The number of hydrogen-bond acceptors (Lipinski definition) is 4. The van der Waals surface area contributed by atoms with Crippen molar-refractivity contribution in [1.82, 2.24) is 4.90 Å². The van der Waals surface area contributed by atoms with Crippen LogP contribution in [0.3, 0.4) is 0 Å². The maximum atomic E-state index is 12.7. The lowest BCUT2D eigenvalue weighted by Gasteiger charge is -2.35. The van der Waals surface area contributed by atoms with E-state index in [0.717, 1.165) is 17.0 Å². The molecule has 1 aliphatic rings. The second-order valence-corrected chi connectivity index (χ2v) is 7.22. The maximum Gasteiger partial charge on any atom is 0.254 e. The van der Waals surface area contributed by atoms with Crippen LogP contribution in [0.15, 0.2) is 53.5 Å². The second kappa shape index (κ2) is 11.2. The molecule has 2 aromatic rings. The van der Waals surface area contributed by atoms with Gasteiger partial charge in [-0.2, -0.15) is 0 Å². The van der Waals surface area contributed by atoms with E-state index < -0.39 is 0 Å². The van der Waals surface area contributed by atoms with Gasteiger partial charge in [0.05, 0.1) is 25.9 Å². The quantitative estimate of drug-likeness (QED) is 0.355. The molecule has 162 valence electrons. The number of methoxy groups -OCH3 is 1. The number of rotatable bonds is 5. The third-order valence-corrected chi connectivity index (χ3v) is 4.68. The van der Waals surface area contributed by atoms with E-state index in [2.05, 4.69) is 10.3 Å². The first-order valence-corrected chi connectivity index (χ1v) is 9.69. The van der Waals surface area contributed by atoms with Gasteiger partial charge in [0.1, 0.15) is 5.75 Å².